The molecule has 0 spiro atoms. The van der Waals surface area contributed by atoms with E-state index >= 15 is 0 Å². The molecular formula is C15H28N4O. The van der Waals surface area contributed by atoms with Crippen molar-refractivity contribution in [3.63, 3.8) is 0 Å². The second-order valence-electron chi connectivity index (χ2n) is 6.03. The Bertz CT molecular complexity index is 418. The minimum atomic E-state index is 0.187. The molecule has 1 aromatic rings. The monoisotopic (exact) mass is 280 g/mol. The van der Waals surface area contributed by atoms with E-state index in [0.29, 0.717) is 11.7 Å². The van der Waals surface area contributed by atoms with Crippen molar-refractivity contribution in [2.45, 2.75) is 41.0 Å². The molecular weight excluding hydrogens is 252 g/mol. The van der Waals surface area contributed by atoms with Crippen LogP contribution in [0.2, 0.25) is 0 Å². The topological polar surface area (TPSA) is 59.1 Å². The van der Waals surface area contributed by atoms with Crippen LogP contribution >= 0.6 is 0 Å². The van der Waals surface area contributed by atoms with E-state index in [1.807, 2.05) is 0 Å². The van der Waals surface area contributed by atoms with Crippen molar-refractivity contribution in [2.75, 3.05) is 30.8 Å². The Kier molecular flexibility index (Phi) is 6.05. The Morgan fingerprint density at radius 3 is 2.30 bits per heavy atom. The largest absolute Gasteiger partial charge is 0.490 e. The highest BCUT2D eigenvalue weighted by molar-refractivity contribution is 5.63. The fourth-order valence-electron chi connectivity index (χ4n) is 1.58. The van der Waals surface area contributed by atoms with E-state index in [9.17, 15) is 0 Å². The molecule has 0 saturated heterocycles. The maximum Gasteiger partial charge on any atom is 0.204 e. The van der Waals surface area contributed by atoms with Crippen LogP contribution < -0.4 is 15.4 Å². The van der Waals surface area contributed by atoms with Crippen molar-refractivity contribution in [3.8, 4) is 5.75 Å². The number of hydrogen-bond acceptors (Lipinski definition) is 5. The molecule has 20 heavy (non-hydrogen) atoms. The Hall–Kier alpha value is -1.52. The molecule has 0 aliphatic carbocycles. The molecule has 1 rings (SSSR count). The first-order valence-corrected chi connectivity index (χ1v) is 7.29. The highest BCUT2D eigenvalue weighted by Gasteiger charge is 2.23. The lowest BCUT2D eigenvalue weighted by molar-refractivity contribution is 0.269. The van der Waals surface area contributed by atoms with Crippen LogP contribution in [-0.4, -0.2) is 30.2 Å². The summed E-state index contributed by atoms with van der Waals surface area (Å²) in [7, 11) is 1.65. The summed E-state index contributed by atoms with van der Waals surface area (Å²) in [6.07, 6.45) is 2.60. The van der Waals surface area contributed by atoms with Crippen LogP contribution in [0.1, 0.15) is 41.0 Å². The van der Waals surface area contributed by atoms with Gasteiger partial charge in [-0.25, -0.2) is 9.97 Å². The average Bonchev–Trinajstić information content (AvgIpc) is 2.42. The zero-order chi connectivity index (χ0) is 15.2. The van der Waals surface area contributed by atoms with Gasteiger partial charge in [-0.1, -0.05) is 34.6 Å². The summed E-state index contributed by atoms with van der Waals surface area (Å²) < 4.78 is 5.45. The van der Waals surface area contributed by atoms with Crippen LogP contribution in [0.3, 0.4) is 0 Å². The molecule has 0 saturated carbocycles. The first kappa shape index (κ1) is 16.5. The summed E-state index contributed by atoms with van der Waals surface area (Å²) in [6.45, 7) is 12.8. The number of anilines is 2. The summed E-state index contributed by atoms with van der Waals surface area (Å²) in [5.41, 5.74) is 0.187. The van der Waals surface area contributed by atoms with Crippen LogP contribution in [0.15, 0.2) is 6.33 Å². The number of methoxy groups -OCH3 is 1. The number of aromatic nitrogens is 2. The predicted molar refractivity (Wildman–Crippen MR) is 84.5 cm³/mol. The summed E-state index contributed by atoms with van der Waals surface area (Å²) in [5, 5.41) is 6.64. The average molecular weight is 280 g/mol. The van der Waals surface area contributed by atoms with E-state index in [1.54, 1.807) is 13.4 Å². The summed E-state index contributed by atoms with van der Waals surface area (Å²) in [5.74, 6) is 2.75. The molecule has 0 unspecified atom stereocenters. The summed E-state index contributed by atoms with van der Waals surface area (Å²) >= 11 is 0. The fourth-order valence-corrected chi connectivity index (χ4v) is 1.58. The zero-order valence-corrected chi connectivity index (χ0v) is 13.6. The third kappa shape index (κ3) is 4.25. The predicted octanol–water partition coefficient (Wildman–Crippen LogP) is 3.40. The molecule has 0 amide bonds. The van der Waals surface area contributed by atoms with Gasteiger partial charge in [0.1, 0.15) is 6.33 Å². The first-order chi connectivity index (χ1) is 9.42. The summed E-state index contributed by atoms with van der Waals surface area (Å²) in [6, 6.07) is 0. The molecule has 0 aromatic carbocycles. The van der Waals surface area contributed by atoms with E-state index in [-0.39, 0.29) is 5.41 Å². The maximum absolute atomic E-state index is 5.45. The van der Waals surface area contributed by atoms with Gasteiger partial charge in [0.25, 0.3) is 0 Å². The lowest BCUT2D eigenvalue weighted by Gasteiger charge is -2.29. The fraction of sp³-hybridized carbons (Fsp3) is 0.733. The second kappa shape index (κ2) is 7.31. The molecule has 0 fully saturated rings. The van der Waals surface area contributed by atoms with E-state index in [4.69, 9.17) is 4.74 Å². The molecule has 0 aliphatic heterocycles. The van der Waals surface area contributed by atoms with Gasteiger partial charge in [-0.05, 0) is 17.8 Å². The molecule has 5 heteroatoms. The molecule has 0 aliphatic rings. The zero-order valence-electron chi connectivity index (χ0n) is 13.6. The normalized spacial score (nSPS) is 11.6. The van der Waals surface area contributed by atoms with Crippen molar-refractivity contribution in [3.05, 3.63) is 6.33 Å². The van der Waals surface area contributed by atoms with Gasteiger partial charge in [-0.15, -0.1) is 0 Å². The van der Waals surface area contributed by atoms with E-state index < -0.39 is 0 Å². The minimum absolute atomic E-state index is 0.187. The van der Waals surface area contributed by atoms with Crippen LogP contribution in [0.4, 0.5) is 11.6 Å². The second-order valence-corrected chi connectivity index (χ2v) is 6.03. The smallest absolute Gasteiger partial charge is 0.204 e. The molecule has 2 N–H and O–H groups in total. The van der Waals surface area contributed by atoms with Crippen molar-refractivity contribution in [2.24, 2.45) is 11.3 Å². The number of nitrogens with zero attached hydrogens (tertiary/aromatic N) is 2. The Morgan fingerprint density at radius 1 is 1.20 bits per heavy atom. The van der Waals surface area contributed by atoms with Crippen molar-refractivity contribution >= 4 is 11.6 Å². The number of ether oxygens (including phenoxy) is 1. The van der Waals surface area contributed by atoms with Crippen LogP contribution in [0, 0.1) is 11.3 Å². The van der Waals surface area contributed by atoms with Gasteiger partial charge in [0.2, 0.25) is 5.75 Å². The van der Waals surface area contributed by atoms with Gasteiger partial charge in [-0.2, -0.15) is 0 Å². The van der Waals surface area contributed by atoms with E-state index in [2.05, 4.69) is 55.2 Å². The summed E-state index contributed by atoms with van der Waals surface area (Å²) in [4.78, 5) is 8.53. The Morgan fingerprint density at radius 2 is 1.80 bits per heavy atom. The lowest BCUT2D eigenvalue weighted by atomic mass is 9.81. The molecule has 114 valence electrons. The third-order valence-corrected chi connectivity index (χ3v) is 3.82. The molecule has 0 radical (unpaired) electrons. The number of nitrogens with one attached hydrogen (secondary N) is 2. The van der Waals surface area contributed by atoms with Gasteiger partial charge in [0.15, 0.2) is 11.6 Å². The first-order valence-electron chi connectivity index (χ1n) is 7.29. The number of rotatable bonds is 8. The molecule has 1 aromatic heterocycles. The molecule has 0 atom stereocenters. The van der Waals surface area contributed by atoms with Crippen LogP contribution in [0.5, 0.6) is 5.75 Å². The quantitative estimate of drug-likeness (QED) is 0.764. The molecule has 0 bridgehead atoms. The van der Waals surface area contributed by atoms with Gasteiger partial charge < -0.3 is 15.4 Å². The SMILES string of the molecule is CCCNc1ncnc(NCC(C)(C)C(C)C)c1OC. The Labute approximate surface area is 122 Å². The lowest BCUT2D eigenvalue weighted by Crippen LogP contribution is -2.29. The van der Waals surface area contributed by atoms with E-state index in [1.165, 1.54) is 0 Å². The van der Waals surface area contributed by atoms with Crippen molar-refractivity contribution in [1.82, 2.24) is 9.97 Å². The van der Waals surface area contributed by atoms with Crippen LogP contribution in [0.25, 0.3) is 0 Å². The van der Waals surface area contributed by atoms with Gasteiger partial charge >= 0.3 is 0 Å². The van der Waals surface area contributed by atoms with Gasteiger partial charge in [-0.3, -0.25) is 0 Å². The highest BCUT2D eigenvalue weighted by atomic mass is 16.5. The van der Waals surface area contributed by atoms with Gasteiger partial charge in [0, 0.05) is 13.1 Å². The molecule has 5 nitrogen and oxygen atoms in total. The minimum Gasteiger partial charge on any atom is -0.490 e. The standard InChI is InChI=1S/C15H28N4O/c1-7-8-16-13-12(20-6)14(19-10-18-13)17-9-15(4,5)11(2)3/h10-11H,7-9H2,1-6H3,(H2,16,17,18,19). The Balaban J connectivity index is 2.84. The third-order valence-electron chi connectivity index (χ3n) is 3.82. The maximum atomic E-state index is 5.45. The van der Waals surface area contributed by atoms with Crippen molar-refractivity contribution in [1.29, 1.82) is 0 Å². The number of hydrogen-bond donors (Lipinski definition) is 2. The van der Waals surface area contributed by atoms with Crippen LogP contribution in [-0.2, 0) is 0 Å². The van der Waals surface area contributed by atoms with Crippen molar-refractivity contribution < 1.29 is 4.74 Å². The highest BCUT2D eigenvalue weighted by Crippen LogP contribution is 2.31. The van der Waals surface area contributed by atoms with Gasteiger partial charge in [0.05, 0.1) is 7.11 Å². The van der Waals surface area contributed by atoms with E-state index in [0.717, 1.165) is 31.1 Å². The molecule has 1 heterocycles.